The third-order valence-electron chi connectivity index (χ3n) is 5.69. The topological polar surface area (TPSA) is 83.9 Å². The zero-order valence-corrected chi connectivity index (χ0v) is 19.8. The van der Waals surface area contributed by atoms with Crippen LogP contribution in [0.1, 0.15) is 34.4 Å². The van der Waals surface area contributed by atoms with Gasteiger partial charge in [-0.3, -0.25) is 9.78 Å². The fraction of sp³-hybridized carbons (Fsp3) is 0.409. The molecule has 0 radical (unpaired) electrons. The molecule has 4 heterocycles. The van der Waals surface area contributed by atoms with E-state index in [1.807, 2.05) is 0 Å². The van der Waals surface area contributed by atoms with Gasteiger partial charge in [0.15, 0.2) is 0 Å². The SMILES string of the molecule is Cc1nc(C(=O)N2CC(F)(F)C[C@@H](C)C2CNc2ncc(C(F)(F)F)cn2)c(-c2ccc(F)cn2)s1. The number of carbonyl (C=O) groups excluding carboxylic acids is 1. The van der Waals surface area contributed by atoms with E-state index in [0.29, 0.717) is 22.3 Å². The number of aryl methyl sites for hydroxylation is 1. The number of piperidine rings is 1. The molecule has 2 atom stereocenters. The Kier molecular flexibility index (Phi) is 6.90. The molecule has 1 aliphatic heterocycles. The Morgan fingerprint density at radius 1 is 1.19 bits per heavy atom. The molecule has 0 aromatic carbocycles. The monoisotopic (exact) mass is 530 g/mol. The van der Waals surface area contributed by atoms with Crippen LogP contribution in [-0.2, 0) is 6.18 Å². The number of carbonyl (C=O) groups is 1. The van der Waals surface area contributed by atoms with E-state index in [0.717, 1.165) is 22.4 Å². The van der Waals surface area contributed by atoms with Crippen molar-refractivity contribution in [2.45, 2.75) is 38.4 Å². The Labute approximate surface area is 205 Å². The average Bonchev–Trinajstić information content (AvgIpc) is 3.19. The van der Waals surface area contributed by atoms with Crippen molar-refractivity contribution in [2.24, 2.45) is 5.92 Å². The molecule has 3 aromatic heterocycles. The van der Waals surface area contributed by atoms with E-state index in [1.165, 1.54) is 12.1 Å². The van der Waals surface area contributed by atoms with E-state index >= 15 is 0 Å². The number of nitrogens with one attached hydrogen (secondary N) is 1. The second-order valence-corrected chi connectivity index (χ2v) is 9.69. The fourth-order valence-electron chi connectivity index (χ4n) is 4.03. The second-order valence-electron chi connectivity index (χ2n) is 8.48. The predicted molar refractivity (Wildman–Crippen MR) is 119 cm³/mol. The van der Waals surface area contributed by atoms with Crippen LogP contribution in [0.25, 0.3) is 10.6 Å². The highest BCUT2D eigenvalue weighted by molar-refractivity contribution is 7.15. The van der Waals surface area contributed by atoms with Crippen LogP contribution < -0.4 is 5.32 Å². The summed E-state index contributed by atoms with van der Waals surface area (Å²) in [6.45, 7) is 2.25. The Morgan fingerprint density at radius 2 is 1.89 bits per heavy atom. The van der Waals surface area contributed by atoms with Gasteiger partial charge in [-0.25, -0.2) is 28.1 Å². The predicted octanol–water partition coefficient (Wildman–Crippen LogP) is 5.06. The fourth-order valence-corrected chi connectivity index (χ4v) is 4.92. The van der Waals surface area contributed by atoms with Crippen LogP contribution in [-0.4, -0.2) is 55.8 Å². The lowest BCUT2D eigenvalue weighted by atomic mass is 9.88. The van der Waals surface area contributed by atoms with Crippen LogP contribution in [0, 0.1) is 18.7 Å². The number of rotatable bonds is 5. The van der Waals surface area contributed by atoms with Gasteiger partial charge in [0.25, 0.3) is 11.8 Å². The lowest BCUT2D eigenvalue weighted by Crippen LogP contribution is -2.57. The summed E-state index contributed by atoms with van der Waals surface area (Å²) < 4.78 is 80.7. The summed E-state index contributed by atoms with van der Waals surface area (Å²) in [5.41, 5.74) is -0.844. The van der Waals surface area contributed by atoms with E-state index < -0.39 is 54.3 Å². The third-order valence-corrected chi connectivity index (χ3v) is 6.68. The molecule has 0 aliphatic carbocycles. The van der Waals surface area contributed by atoms with Gasteiger partial charge in [-0.1, -0.05) is 6.92 Å². The molecule has 0 bridgehead atoms. The summed E-state index contributed by atoms with van der Waals surface area (Å²) in [6.07, 6.45) is -2.90. The molecule has 1 saturated heterocycles. The molecular formula is C22H20F6N6OS. The largest absolute Gasteiger partial charge is 0.419 e. The number of thiazole rings is 1. The van der Waals surface area contributed by atoms with Gasteiger partial charge in [0.05, 0.1) is 39.9 Å². The van der Waals surface area contributed by atoms with Gasteiger partial charge in [-0.05, 0) is 25.0 Å². The van der Waals surface area contributed by atoms with E-state index in [1.54, 1.807) is 13.8 Å². The van der Waals surface area contributed by atoms with Gasteiger partial charge in [0, 0.05) is 25.4 Å². The first-order chi connectivity index (χ1) is 16.8. The molecule has 4 rings (SSSR count). The number of hydrogen-bond acceptors (Lipinski definition) is 7. The van der Waals surface area contributed by atoms with Crippen molar-refractivity contribution >= 4 is 23.2 Å². The number of likely N-dealkylation sites (tertiary alicyclic amines) is 1. The summed E-state index contributed by atoms with van der Waals surface area (Å²) in [5, 5.41) is 3.23. The number of pyridine rings is 1. The smallest absolute Gasteiger partial charge is 0.352 e. The van der Waals surface area contributed by atoms with Crippen molar-refractivity contribution in [3.63, 3.8) is 0 Å². The number of anilines is 1. The van der Waals surface area contributed by atoms with Crippen molar-refractivity contribution in [3.8, 4) is 10.6 Å². The maximum absolute atomic E-state index is 14.5. The van der Waals surface area contributed by atoms with E-state index in [-0.39, 0.29) is 23.9 Å². The molecule has 1 N–H and O–H groups in total. The van der Waals surface area contributed by atoms with E-state index in [9.17, 15) is 31.1 Å². The molecular weight excluding hydrogens is 510 g/mol. The summed E-state index contributed by atoms with van der Waals surface area (Å²) in [5.74, 6) is -5.30. The van der Waals surface area contributed by atoms with E-state index in [2.05, 4.69) is 25.3 Å². The molecule has 1 amide bonds. The summed E-state index contributed by atoms with van der Waals surface area (Å²) in [4.78, 5) is 30.3. The number of nitrogens with zero attached hydrogens (tertiary/aromatic N) is 5. The van der Waals surface area contributed by atoms with Gasteiger partial charge in [-0.2, -0.15) is 13.2 Å². The molecule has 1 fully saturated rings. The quantitative estimate of drug-likeness (QED) is 0.465. The highest BCUT2D eigenvalue weighted by atomic mass is 32.1. The maximum Gasteiger partial charge on any atom is 0.419 e. The molecule has 0 saturated carbocycles. The van der Waals surface area contributed by atoms with Crippen LogP contribution in [0.5, 0.6) is 0 Å². The van der Waals surface area contributed by atoms with Gasteiger partial charge in [0.2, 0.25) is 5.95 Å². The van der Waals surface area contributed by atoms with Gasteiger partial charge in [0.1, 0.15) is 11.5 Å². The standard InChI is InChI=1S/C22H20F6N6OS/c1-11-5-21(24,25)10-34(16(11)9-32-20-30-6-13(7-31-20)22(26,27)28)19(35)17-18(36-12(2)33-17)15-4-3-14(23)8-29-15/h3-4,6-8,11,16H,5,9-10H2,1-2H3,(H,30,31,32)/t11-,16?/m1/s1. The highest BCUT2D eigenvalue weighted by Crippen LogP contribution is 2.37. The van der Waals surface area contributed by atoms with Crippen molar-refractivity contribution in [1.29, 1.82) is 0 Å². The van der Waals surface area contributed by atoms with Crippen LogP contribution in [0.15, 0.2) is 30.7 Å². The van der Waals surface area contributed by atoms with Crippen molar-refractivity contribution in [3.05, 3.63) is 52.8 Å². The first-order valence-corrected chi connectivity index (χ1v) is 11.6. The number of aromatic nitrogens is 4. The number of amides is 1. The maximum atomic E-state index is 14.5. The van der Waals surface area contributed by atoms with Gasteiger partial charge < -0.3 is 10.2 Å². The zero-order chi connectivity index (χ0) is 26.3. The van der Waals surface area contributed by atoms with Crippen molar-refractivity contribution in [1.82, 2.24) is 24.8 Å². The lowest BCUT2D eigenvalue weighted by Gasteiger charge is -2.43. The summed E-state index contributed by atoms with van der Waals surface area (Å²) in [6, 6.07) is 1.77. The summed E-state index contributed by atoms with van der Waals surface area (Å²) >= 11 is 1.12. The van der Waals surface area contributed by atoms with E-state index in [4.69, 9.17) is 0 Å². The Morgan fingerprint density at radius 3 is 2.50 bits per heavy atom. The lowest BCUT2D eigenvalue weighted by molar-refractivity contribution is -0.138. The van der Waals surface area contributed by atoms with Crippen LogP contribution in [0.3, 0.4) is 0 Å². The van der Waals surface area contributed by atoms with Crippen LogP contribution >= 0.6 is 11.3 Å². The Bertz CT molecular complexity index is 1230. The first-order valence-electron chi connectivity index (χ1n) is 10.8. The Balaban J connectivity index is 1.60. The minimum atomic E-state index is -4.60. The van der Waals surface area contributed by atoms with Crippen LogP contribution in [0.2, 0.25) is 0 Å². The Hall–Kier alpha value is -3.29. The van der Waals surface area contributed by atoms with Gasteiger partial charge >= 0.3 is 6.18 Å². The minimum absolute atomic E-state index is 0.0817. The first kappa shape index (κ1) is 25.8. The molecule has 36 heavy (non-hydrogen) atoms. The van der Waals surface area contributed by atoms with Crippen LogP contribution in [0.4, 0.5) is 32.3 Å². The molecule has 192 valence electrons. The molecule has 1 aliphatic rings. The number of hydrogen-bond donors (Lipinski definition) is 1. The number of halogens is 6. The molecule has 14 heteroatoms. The van der Waals surface area contributed by atoms with Crippen molar-refractivity contribution in [2.75, 3.05) is 18.4 Å². The molecule has 3 aromatic rings. The number of alkyl halides is 5. The zero-order valence-electron chi connectivity index (χ0n) is 19.0. The molecule has 7 nitrogen and oxygen atoms in total. The molecule has 0 spiro atoms. The molecule has 1 unspecified atom stereocenters. The minimum Gasteiger partial charge on any atom is -0.352 e. The average molecular weight is 530 g/mol. The third kappa shape index (κ3) is 5.58. The second kappa shape index (κ2) is 9.64. The van der Waals surface area contributed by atoms with Gasteiger partial charge in [-0.15, -0.1) is 11.3 Å². The normalized spacial score (nSPS) is 19.8. The summed E-state index contributed by atoms with van der Waals surface area (Å²) in [7, 11) is 0. The van der Waals surface area contributed by atoms with Crippen molar-refractivity contribution < 1.29 is 31.1 Å². The highest BCUT2D eigenvalue weighted by Gasteiger charge is 2.47.